The standard InChI is InChI=1S/C17H13FO2S/c1-20-14-7-4-6-12(17(14)18)9-13(19)16-10-11-5-2-3-8-15(11)21-16/h2-8,10H,9H2,1H3. The zero-order chi connectivity index (χ0) is 14.8. The van der Waals surface area contributed by atoms with E-state index in [9.17, 15) is 9.18 Å². The summed E-state index contributed by atoms with van der Waals surface area (Å²) in [5.41, 5.74) is 0.358. The van der Waals surface area contributed by atoms with Gasteiger partial charge in [-0.05, 0) is 29.1 Å². The summed E-state index contributed by atoms with van der Waals surface area (Å²) in [7, 11) is 1.41. The van der Waals surface area contributed by atoms with Crippen molar-refractivity contribution in [3.63, 3.8) is 0 Å². The smallest absolute Gasteiger partial charge is 0.177 e. The number of carbonyl (C=O) groups excluding carboxylic acids is 1. The molecule has 3 rings (SSSR count). The molecular weight excluding hydrogens is 287 g/mol. The van der Waals surface area contributed by atoms with Crippen LogP contribution in [-0.2, 0) is 6.42 Å². The predicted octanol–water partition coefficient (Wildman–Crippen LogP) is 4.47. The van der Waals surface area contributed by atoms with Gasteiger partial charge < -0.3 is 4.74 Å². The summed E-state index contributed by atoms with van der Waals surface area (Å²) in [6.07, 6.45) is 0.0376. The summed E-state index contributed by atoms with van der Waals surface area (Å²) >= 11 is 1.44. The molecule has 2 aromatic carbocycles. The second-order valence-corrected chi connectivity index (χ2v) is 5.77. The van der Waals surface area contributed by atoms with Gasteiger partial charge in [0, 0.05) is 11.1 Å². The molecule has 0 aliphatic rings. The fraction of sp³-hybridized carbons (Fsp3) is 0.118. The summed E-state index contributed by atoms with van der Waals surface area (Å²) in [6.45, 7) is 0. The second kappa shape index (κ2) is 5.66. The third kappa shape index (κ3) is 2.67. The van der Waals surface area contributed by atoms with Crippen LogP contribution in [0.4, 0.5) is 4.39 Å². The molecule has 0 aliphatic carbocycles. The number of Topliss-reactive ketones (excluding diaryl/α,β-unsaturated/α-hetero) is 1. The summed E-state index contributed by atoms with van der Waals surface area (Å²) in [5.74, 6) is -0.380. The highest BCUT2D eigenvalue weighted by Crippen LogP contribution is 2.27. The Labute approximate surface area is 125 Å². The fourth-order valence-electron chi connectivity index (χ4n) is 2.23. The van der Waals surface area contributed by atoms with E-state index in [1.165, 1.54) is 18.4 Å². The maximum atomic E-state index is 14.1. The molecular formula is C17H13FO2S. The lowest BCUT2D eigenvalue weighted by molar-refractivity contribution is 0.0995. The molecule has 4 heteroatoms. The lowest BCUT2D eigenvalue weighted by Gasteiger charge is -2.06. The monoisotopic (exact) mass is 300 g/mol. The summed E-state index contributed by atoms with van der Waals surface area (Å²) in [5, 5.41) is 1.04. The van der Waals surface area contributed by atoms with Crippen molar-refractivity contribution in [2.24, 2.45) is 0 Å². The van der Waals surface area contributed by atoms with Gasteiger partial charge >= 0.3 is 0 Å². The zero-order valence-corrected chi connectivity index (χ0v) is 12.2. The van der Waals surface area contributed by atoms with Gasteiger partial charge in [-0.2, -0.15) is 0 Å². The van der Waals surface area contributed by atoms with E-state index in [1.54, 1.807) is 18.2 Å². The number of ether oxygens (including phenoxy) is 1. The van der Waals surface area contributed by atoms with Crippen molar-refractivity contribution in [1.82, 2.24) is 0 Å². The van der Waals surface area contributed by atoms with Crippen molar-refractivity contribution in [2.45, 2.75) is 6.42 Å². The molecule has 3 aromatic rings. The highest BCUT2D eigenvalue weighted by molar-refractivity contribution is 7.20. The van der Waals surface area contributed by atoms with E-state index < -0.39 is 5.82 Å². The minimum absolute atomic E-state index is 0.0376. The van der Waals surface area contributed by atoms with Crippen LogP contribution in [0.3, 0.4) is 0 Å². The first-order chi connectivity index (χ1) is 10.2. The summed E-state index contributed by atoms with van der Waals surface area (Å²) < 4.78 is 20.1. The van der Waals surface area contributed by atoms with Gasteiger partial charge in [-0.15, -0.1) is 11.3 Å². The van der Waals surface area contributed by atoms with E-state index in [0.717, 1.165) is 10.1 Å². The van der Waals surface area contributed by atoms with E-state index in [1.807, 2.05) is 30.3 Å². The average Bonchev–Trinajstić information content (AvgIpc) is 2.93. The molecule has 0 atom stereocenters. The SMILES string of the molecule is COc1cccc(CC(=O)c2cc3ccccc3s2)c1F. The number of hydrogen-bond donors (Lipinski definition) is 0. The Hall–Kier alpha value is -2.20. The number of benzene rings is 2. The van der Waals surface area contributed by atoms with Gasteiger partial charge in [0.2, 0.25) is 0 Å². The van der Waals surface area contributed by atoms with Crippen LogP contribution in [-0.4, -0.2) is 12.9 Å². The van der Waals surface area contributed by atoms with Crippen LogP contribution in [0, 0.1) is 5.82 Å². The lowest BCUT2D eigenvalue weighted by Crippen LogP contribution is -2.04. The predicted molar refractivity (Wildman–Crippen MR) is 82.8 cm³/mol. The highest BCUT2D eigenvalue weighted by Gasteiger charge is 2.15. The quantitative estimate of drug-likeness (QED) is 0.664. The van der Waals surface area contributed by atoms with Crippen LogP contribution in [0.2, 0.25) is 0 Å². The first-order valence-corrected chi connectivity index (χ1v) is 7.34. The number of ketones is 1. The molecule has 0 radical (unpaired) electrons. The van der Waals surface area contributed by atoms with Gasteiger partial charge in [-0.1, -0.05) is 30.3 Å². The van der Waals surface area contributed by atoms with Gasteiger partial charge in [0.15, 0.2) is 17.3 Å². The van der Waals surface area contributed by atoms with Gasteiger partial charge in [0.05, 0.1) is 12.0 Å². The molecule has 1 heterocycles. The first-order valence-electron chi connectivity index (χ1n) is 6.52. The van der Waals surface area contributed by atoms with Crippen molar-refractivity contribution in [2.75, 3.05) is 7.11 Å². The molecule has 1 aromatic heterocycles. The highest BCUT2D eigenvalue weighted by atomic mass is 32.1. The number of fused-ring (bicyclic) bond motifs is 1. The van der Waals surface area contributed by atoms with Gasteiger partial charge in [-0.25, -0.2) is 4.39 Å². The van der Waals surface area contributed by atoms with Crippen LogP contribution in [0.1, 0.15) is 15.2 Å². The third-order valence-electron chi connectivity index (χ3n) is 3.31. The minimum atomic E-state index is -0.463. The molecule has 21 heavy (non-hydrogen) atoms. The second-order valence-electron chi connectivity index (χ2n) is 4.68. The van der Waals surface area contributed by atoms with E-state index >= 15 is 0 Å². The first kappa shape index (κ1) is 13.8. The maximum Gasteiger partial charge on any atom is 0.177 e. The molecule has 0 fully saturated rings. The molecule has 106 valence electrons. The molecule has 0 N–H and O–H groups in total. The Balaban J connectivity index is 1.89. The summed E-state index contributed by atoms with van der Waals surface area (Å²) in [4.78, 5) is 13.0. The van der Waals surface area contributed by atoms with Crippen molar-refractivity contribution < 1.29 is 13.9 Å². The fourth-order valence-corrected chi connectivity index (χ4v) is 3.23. The number of hydrogen-bond acceptors (Lipinski definition) is 3. The number of thiophene rings is 1. The van der Waals surface area contributed by atoms with E-state index in [2.05, 4.69) is 0 Å². The van der Waals surface area contributed by atoms with Crippen LogP contribution < -0.4 is 4.74 Å². The van der Waals surface area contributed by atoms with Gasteiger partial charge in [0.25, 0.3) is 0 Å². The normalized spacial score (nSPS) is 10.8. The molecule has 0 amide bonds. The number of halogens is 1. The number of carbonyl (C=O) groups is 1. The maximum absolute atomic E-state index is 14.1. The van der Waals surface area contributed by atoms with E-state index in [-0.39, 0.29) is 18.0 Å². The largest absolute Gasteiger partial charge is 0.494 e. The average molecular weight is 300 g/mol. The number of rotatable bonds is 4. The topological polar surface area (TPSA) is 26.3 Å². The Morgan fingerprint density at radius 2 is 2.00 bits per heavy atom. The number of methoxy groups -OCH3 is 1. The van der Waals surface area contributed by atoms with Crippen molar-refractivity contribution in [3.8, 4) is 5.75 Å². The van der Waals surface area contributed by atoms with Gasteiger partial charge in [0.1, 0.15) is 0 Å². The van der Waals surface area contributed by atoms with Crippen LogP contribution in [0.5, 0.6) is 5.75 Å². The van der Waals surface area contributed by atoms with Crippen molar-refractivity contribution >= 4 is 27.2 Å². The molecule has 0 spiro atoms. The van der Waals surface area contributed by atoms with E-state index in [4.69, 9.17) is 4.74 Å². The van der Waals surface area contributed by atoms with Gasteiger partial charge in [-0.3, -0.25) is 4.79 Å². The van der Waals surface area contributed by atoms with Crippen LogP contribution in [0.15, 0.2) is 48.5 Å². The van der Waals surface area contributed by atoms with Crippen molar-refractivity contribution in [3.05, 3.63) is 64.8 Å². The van der Waals surface area contributed by atoms with Crippen molar-refractivity contribution in [1.29, 1.82) is 0 Å². The Morgan fingerprint density at radius 3 is 2.76 bits per heavy atom. The van der Waals surface area contributed by atoms with Crippen LogP contribution in [0.25, 0.3) is 10.1 Å². The summed E-state index contributed by atoms with van der Waals surface area (Å²) in [6, 6.07) is 14.5. The van der Waals surface area contributed by atoms with Crippen LogP contribution >= 0.6 is 11.3 Å². The zero-order valence-electron chi connectivity index (χ0n) is 11.4. The molecule has 0 bridgehead atoms. The minimum Gasteiger partial charge on any atom is -0.494 e. The molecule has 0 saturated carbocycles. The Bertz CT molecular complexity index is 774. The molecule has 0 aliphatic heterocycles. The van der Waals surface area contributed by atoms with E-state index in [0.29, 0.717) is 10.4 Å². The molecule has 2 nitrogen and oxygen atoms in total. The molecule has 0 saturated heterocycles. The lowest BCUT2D eigenvalue weighted by atomic mass is 10.1. The molecule has 0 unspecified atom stereocenters. The Kier molecular flexibility index (Phi) is 3.71. The Morgan fingerprint density at radius 1 is 1.19 bits per heavy atom. The third-order valence-corrected chi connectivity index (χ3v) is 4.47.